The summed E-state index contributed by atoms with van der Waals surface area (Å²) >= 11 is 0. The van der Waals surface area contributed by atoms with Crippen LogP contribution in [0, 0.1) is 0 Å². The molecule has 0 saturated carbocycles. The molecule has 0 saturated heterocycles. The van der Waals surface area contributed by atoms with Crippen LogP contribution in [-0.2, 0) is 11.3 Å². The van der Waals surface area contributed by atoms with Crippen molar-refractivity contribution in [2.45, 2.75) is 6.54 Å². The maximum atomic E-state index is 12.4. The predicted molar refractivity (Wildman–Crippen MR) is 95.7 cm³/mol. The standard InChI is InChI=1S/C19H24N2O3/c1-20(13-15-9-8-12-17(23-3)19(15)24-4)14-18(22)21(2)16-10-6-5-7-11-16/h5-12H,13-14H2,1-4H3. The van der Waals surface area contributed by atoms with Crippen LogP contribution >= 0.6 is 0 Å². The Bertz CT molecular complexity index is 674. The second-order valence-electron chi connectivity index (χ2n) is 5.61. The first kappa shape index (κ1) is 17.8. The van der Waals surface area contributed by atoms with E-state index >= 15 is 0 Å². The van der Waals surface area contributed by atoms with Crippen LogP contribution in [0.5, 0.6) is 11.5 Å². The highest BCUT2D eigenvalue weighted by Gasteiger charge is 2.16. The van der Waals surface area contributed by atoms with E-state index < -0.39 is 0 Å². The maximum absolute atomic E-state index is 12.4. The molecule has 24 heavy (non-hydrogen) atoms. The van der Waals surface area contributed by atoms with Gasteiger partial charge in [0.05, 0.1) is 20.8 Å². The van der Waals surface area contributed by atoms with Crippen LogP contribution in [0.3, 0.4) is 0 Å². The molecule has 0 N–H and O–H groups in total. The molecule has 2 aromatic carbocycles. The molecule has 0 aromatic heterocycles. The summed E-state index contributed by atoms with van der Waals surface area (Å²) in [7, 11) is 6.94. The highest BCUT2D eigenvalue weighted by Crippen LogP contribution is 2.31. The van der Waals surface area contributed by atoms with Gasteiger partial charge in [0.2, 0.25) is 5.91 Å². The highest BCUT2D eigenvalue weighted by molar-refractivity contribution is 5.94. The van der Waals surface area contributed by atoms with Crippen LogP contribution in [0.1, 0.15) is 5.56 Å². The van der Waals surface area contributed by atoms with Crippen LogP contribution in [0.25, 0.3) is 0 Å². The molecule has 128 valence electrons. The zero-order valence-electron chi connectivity index (χ0n) is 14.7. The molecule has 0 radical (unpaired) electrons. The van der Waals surface area contributed by atoms with Gasteiger partial charge in [-0.05, 0) is 25.2 Å². The van der Waals surface area contributed by atoms with Crippen molar-refractivity contribution in [1.82, 2.24) is 4.90 Å². The molecule has 0 aliphatic heterocycles. The topological polar surface area (TPSA) is 42.0 Å². The largest absolute Gasteiger partial charge is 0.493 e. The minimum Gasteiger partial charge on any atom is -0.493 e. The van der Waals surface area contributed by atoms with Gasteiger partial charge in [0.15, 0.2) is 11.5 Å². The van der Waals surface area contributed by atoms with E-state index in [0.29, 0.717) is 24.6 Å². The summed E-state index contributed by atoms with van der Waals surface area (Å²) in [4.78, 5) is 16.1. The highest BCUT2D eigenvalue weighted by atomic mass is 16.5. The normalized spacial score (nSPS) is 10.5. The Balaban J connectivity index is 2.03. The van der Waals surface area contributed by atoms with Crippen molar-refractivity contribution in [2.75, 3.05) is 39.8 Å². The van der Waals surface area contributed by atoms with E-state index in [0.717, 1.165) is 11.3 Å². The number of carbonyl (C=O) groups is 1. The van der Waals surface area contributed by atoms with E-state index in [4.69, 9.17) is 9.47 Å². The SMILES string of the molecule is COc1cccc(CN(C)CC(=O)N(C)c2ccccc2)c1OC. The molecule has 1 amide bonds. The van der Waals surface area contributed by atoms with Crippen molar-refractivity contribution >= 4 is 11.6 Å². The third-order valence-corrected chi connectivity index (χ3v) is 3.85. The van der Waals surface area contributed by atoms with Gasteiger partial charge >= 0.3 is 0 Å². The number of hydrogen-bond donors (Lipinski definition) is 0. The molecule has 0 aliphatic carbocycles. The van der Waals surface area contributed by atoms with E-state index in [1.807, 2.05) is 60.5 Å². The number of hydrogen-bond acceptors (Lipinski definition) is 4. The molecule has 0 heterocycles. The van der Waals surface area contributed by atoms with Crippen molar-refractivity contribution in [3.8, 4) is 11.5 Å². The Morgan fingerprint density at radius 2 is 1.67 bits per heavy atom. The summed E-state index contributed by atoms with van der Waals surface area (Å²) in [6.07, 6.45) is 0. The lowest BCUT2D eigenvalue weighted by molar-refractivity contribution is -0.119. The van der Waals surface area contributed by atoms with Crippen LogP contribution < -0.4 is 14.4 Å². The van der Waals surface area contributed by atoms with E-state index in [1.165, 1.54) is 0 Å². The van der Waals surface area contributed by atoms with Gasteiger partial charge in [0.1, 0.15) is 0 Å². The number of carbonyl (C=O) groups excluding carboxylic acids is 1. The number of rotatable bonds is 7. The van der Waals surface area contributed by atoms with Gasteiger partial charge in [-0.25, -0.2) is 0 Å². The molecule has 0 fully saturated rings. The lowest BCUT2D eigenvalue weighted by Gasteiger charge is -2.23. The number of ether oxygens (including phenoxy) is 2. The van der Waals surface area contributed by atoms with Crippen LogP contribution in [-0.4, -0.2) is 45.7 Å². The predicted octanol–water partition coefficient (Wildman–Crippen LogP) is 2.80. The van der Waals surface area contributed by atoms with Crippen molar-refractivity contribution in [3.63, 3.8) is 0 Å². The summed E-state index contributed by atoms with van der Waals surface area (Å²) in [6, 6.07) is 15.4. The number of nitrogens with zero attached hydrogens (tertiary/aromatic N) is 2. The molecule has 2 rings (SSSR count). The molecule has 5 heteroatoms. The quantitative estimate of drug-likeness (QED) is 0.784. The van der Waals surface area contributed by atoms with Crippen LogP contribution in [0.15, 0.2) is 48.5 Å². The zero-order chi connectivity index (χ0) is 17.5. The number of para-hydroxylation sites is 2. The van der Waals surface area contributed by atoms with Crippen molar-refractivity contribution in [1.29, 1.82) is 0 Å². The van der Waals surface area contributed by atoms with E-state index in [1.54, 1.807) is 26.2 Å². The third-order valence-electron chi connectivity index (χ3n) is 3.85. The molecule has 0 spiro atoms. The van der Waals surface area contributed by atoms with E-state index in [-0.39, 0.29) is 5.91 Å². The zero-order valence-corrected chi connectivity index (χ0v) is 14.7. The van der Waals surface area contributed by atoms with Crippen molar-refractivity contribution in [2.24, 2.45) is 0 Å². The first-order chi connectivity index (χ1) is 11.6. The molecule has 0 bridgehead atoms. The molecule has 5 nitrogen and oxygen atoms in total. The first-order valence-corrected chi connectivity index (χ1v) is 7.76. The first-order valence-electron chi connectivity index (χ1n) is 7.76. The average Bonchev–Trinajstić information content (AvgIpc) is 2.61. The fourth-order valence-corrected chi connectivity index (χ4v) is 2.56. The Kier molecular flexibility index (Phi) is 6.21. The Morgan fingerprint density at radius 1 is 0.958 bits per heavy atom. The molecular formula is C19H24N2O3. The fourth-order valence-electron chi connectivity index (χ4n) is 2.56. The van der Waals surface area contributed by atoms with Gasteiger partial charge in [0.25, 0.3) is 0 Å². The fraction of sp³-hybridized carbons (Fsp3) is 0.316. The van der Waals surface area contributed by atoms with Gasteiger partial charge in [-0.15, -0.1) is 0 Å². The maximum Gasteiger partial charge on any atom is 0.240 e. The van der Waals surface area contributed by atoms with Gasteiger partial charge in [-0.3, -0.25) is 9.69 Å². The molecule has 2 aromatic rings. The van der Waals surface area contributed by atoms with Gasteiger partial charge in [-0.2, -0.15) is 0 Å². The second kappa shape index (κ2) is 8.36. The minimum absolute atomic E-state index is 0.0329. The molecule has 0 unspecified atom stereocenters. The summed E-state index contributed by atoms with van der Waals surface area (Å²) in [5.74, 6) is 1.43. The summed E-state index contributed by atoms with van der Waals surface area (Å²) < 4.78 is 10.8. The Labute approximate surface area is 143 Å². The molecular weight excluding hydrogens is 304 g/mol. The van der Waals surface area contributed by atoms with Crippen molar-refractivity contribution in [3.05, 3.63) is 54.1 Å². The van der Waals surface area contributed by atoms with Gasteiger partial charge < -0.3 is 14.4 Å². The Morgan fingerprint density at radius 3 is 2.29 bits per heavy atom. The second-order valence-corrected chi connectivity index (χ2v) is 5.61. The number of likely N-dealkylation sites (N-methyl/N-ethyl adjacent to an activating group) is 2. The summed E-state index contributed by atoms with van der Waals surface area (Å²) in [6.45, 7) is 0.903. The number of methoxy groups -OCH3 is 2. The molecule has 0 atom stereocenters. The van der Waals surface area contributed by atoms with Gasteiger partial charge in [0, 0.05) is 24.8 Å². The van der Waals surface area contributed by atoms with Crippen LogP contribution in [0.4, 0.5) is 5.69 Å². The summed E-state index contributed by atoms with van der Waals surface area (Å²) in [5.41, 5.74) is 1.87. The summed E-state index contributed by atoms with van der Waals surface area (Å²) in [5, 5.41) is 0. The third kappa shape index (κ3) is 4.26. The van der Waals surface area contributed by atoms with Crippen LogP contribution in [0.2, 0.25) is 0 Å². The lowest BCUT2D eigenvalue weighted by atomic mass is 10.1. The van der Waals surface area contributed by atoms with E-state index in [9.17, 15) is 4.79 Å². The van der Waals surface area contributed by atoms with Gasteiger partial charge in [-0.1, -0.05) is 30.3 Å². The minimum atomic E-state index is 0.0329. The molecule has 0 aliphatic rings. The Hall–Kier alpha value is -2.53. The number of amides is 1. The monoisotopic (exact) mass is 328 g/mol. The smallest absolute Gasteiger partial charge is 0.240 e. The number of benzene rings is 2. The van der Waals surface area contributed by atoms with Crippen molar-refractivity contribution < 1.29 is 14.3 Å². The lowest BCUT2D eigenvalue weighted by Crippen LogP contribution is -2.36. The van der Waals surface area contributed by atoms with E-state index in [2.05, 4.69) is 0 Å². The number of anilines is 1. The average molecular weight is 328 g/mol.